The van der Waals surface area contributed by atoms with Crippen molar-refractivity contribution in [3.05, 3.63) is 28.7 Å². The van der Waals surface area contributed by atoms with E-state index in [-0.39, 0.29) is 11.7 Å². The van der Waals surface area contributed by atoms with Gasteiger partial charge in [0, 0.05) is 11.6 Å². The Bertz CT molecular complexity index is 535. The lowest BCUT2D eigenvalue weighted by molar-refractivity contribution is -0.106. The van der Waals surface area contributed by atoms with Gasteiger partial charge in [-0.1, -0.05) is 49.8 Å². The Morgan fingerprint density at radius 2 is 1.85 bits per heavy atom. The third kappa shape index (κ3) is 8.67. The molecule has 0 radical (unpaired) electrons. The number of benzene rings is 1. The first-order valence-electron chi connectivity index (χ1n) is 9.14. The maximum absolute atomic E-state index is 12.3. The highest BCUT2D eigenvalue weighted by molar-refractivity contribution is 7.91. The van der Waals surface area contributed by atoms with E-state index < -0.39 is 11.2 Å². The molecule has 0 aliphatic carbocycles. The number of hydrogen-bond acceptors (Lipinski definition) is 5. The summed E-state index contributed by atoms with van der Waals surface area (Å²) < 4.78 is 23.0. The van der Waals surface area contributed by atoms with Gasteiger partial charge in [0.05, 0.1) is 0 Å². The van der Waals surface area contributed by atoms with Crippen molar-refractivity contribution < 1.29 is 18.8 Å². The number of ether oxygens (including phenoxy) is 2. The zero-order chi connectivity index (χ0) is 19.2. The molecule has 1 aromatic carbocycles. The van der Waals surface area contributed by atoms with Crippen LogP contribution < -0.4 is 9.47 Å². The van der Waals surface area contributed by atoms with E-state index in [1.807, 2.05) is 18.2 Å². The van der Waals surface area contributed by atoms with Gasteiger partial charge in [0.1, 0.15) is 11.0 Å². The third-order valence-corrected chi connectivity index (χ3v) is 5.91. The van der Waals surface area contributed by atoms with Crippen molar-refractivity contribution in [3.63, 3.8) is 0 Å². The molecule has 6 nitrogen and oxygen atoms in total. The number of fused-ring (bicyclic) bond motifs is 1. The minimum absolute atomic E-state index is 0.0556. The Labute approximate surface area is 158 Å². The van der Waals surface area contributed by atoms with E-state index in [0.29, 0.717) is 6.79 Å². The third-order valence-electron chi connectivity index (χ3n) is 4.15. The SMILES string of the molecule is CCCCCCCC[S+]([O-])C(C)Cc1ccc2c(c1)OCO2.O=CN=O. The van der Waals surface area contributed by atoms with Gasteiger partial charge in [0.2, 0.25) is 6.79 Å². The molecule has 1 heterocycles. The van der Waals surface area contributed by atoms with E-state index in [1.54, 1.807) is 5.18 Å². The van der Waals surface area contributed by atoms with Gasteiger partial charge in [-0.05, 0) is 37.5 Å². The summed E-state index contributed by atoms with van der Waals surface area (Å²) in [5.74, 6) is 2.45. The highest BCUT2D eigenvalue weighted by atomic mass is 32.2. The summed E-state index contributed by atoms with van der Waals surface area (Å²) in [6.45, 7) is 4.61. The van der Waals surface area contributed by atoms with Crippen LogP contribution in [0.4, 0.5) is 0 Å². The molecule has 1 amide bonds. The first-order valence-corrected chi connectivity index (χ1v) is 10.5. The number of carbonyl (C=O) groups excluding carboxylic acids is 1. The summed E-state index contributed by atoms with van der Waals surface area (Å²) >= 11 is -0.743. The smallest absolute Gasteiger partial charge is 0.274 e. The number of amides is 1. The summed E-state index contributed by atoms with van der Waals surface area (Å²) in [6, 6.07) is 6.01. The van der Waals surface area contributed by atoms with Gasteiger partial charge in [-0.2, -0.15) is 0 Å². The lowest BCUT2D eigenvalue weighted by Crippen LogP contribution is -2.23. The Morgan fingerprint density at radius 3 is 2.54 bits per heavy atom. The quantitative estimate of drug-likeness (QED) is 0.245. The predicted molar refractivity (Wildman–Crippen MR) is 104 cm³/mol. The molecule has 146 valence electrons. The number of nitroso groups, excluding NO2 is 1. The topological polar surface area (TPSA) is 88.0 Å². The molecule has 0 saturated carbocycles. The second-order valence-corrected chi connectivity index (χ2v) is 8.24. The largest absolute Gasteiger partial charge is 0.616 e. The normalized spacial score (nSPS) is 14.1. The maximum atomic E-state index is 12.3. The Hall–Kier alpha value is -1.60. The van der Waals surface area contributed by atoms with Gasteiger partial charge in [0.25, 0.3) is 6.41 Å². The highest BCUT2D eigenvalue weighted by Crippen LogP contribution is 2.33. The van der Waals surface area contributed by atoms with Crippen LogP contribution in [-0.2, 0) is 22.4 Å². The Kier molecular flexibility index (Phi) is 11.7. The lowest BCUT2D eigenvalue weighted by Gasteiger charge is -2.18. The summed E-state index contributed by atoms with van der Waals surface area (Å²) in [4.78, 5) is 17.2. The Balaban J connectivity index is 0.000000765. The fourth-order valence-corrected chi connectivity index (χ4v) is 3.99. The molecule has 1 aliphatic heterocycles. The van der Waals surface area contributed by atoms with E-state index in [0.717, 1.165) is 30.1 Å². The lowest BCUT2D eigenvalue weighted by atomic mass is 10.1. The number of hydrogen-bond donors (Lipinski definition) is 0. The molecule has 0 spiro atoms. The second kappa shape index (κ2) is 13.6. The fourth-order valence-electron chi connectivity index (χ4n) is 2.72. The molecule has 26 heavy (non-hydrogen) atoms. The number of unbranched alkanes of at least 4 members (excludes halogenated alkanes) is 5. The minimum atomic E-state index is -0.743. The zero-order valence-corrected chi connectivity index (χ0v) is 16.5. The van der Waals surface area contributed by atoms with Crippen molar-refractivity contribution in [2.75, 3.05) is 12.5 Å². The van der Waals surface area contributed by atoms with Crippen LogP contribution in [0.15, 0.2) is 23.4 Å². The van der Waals surface area contributed by atoms with Gasteiger partial charge in [0.15, 0.2) is 11.5 Å². The van der Waals surface area contributed by atoms with Gasteiger partial charge >= 0.3 is 0 Å². The molecule has 0 aromatic heterocycles. The summed E-state index contributed by atoms with van der Waals surface area (Å²) in [5.41, 5.74) is 1.17. The number of rotatable bonds is 11. The average Bonchev–Trinajstić information content (AvgIpc) is 3.12. The molecule has 2 unspecified atom stereocenters. The molecule has 0 fully saturated rings. The van der Waals surface area contributed by atoms with Crippen molar-refractivity contribution in [1.82, 2.24) is 0 Å². The molecule has 0 bridgehead atoms. The van der Waals surface area contributed by atoms with Crippen molar-refractivity contribution in [2.24, 2.45) is 5.18 Å². The van der Waals surface area contributed by atoms with Crippen molar-refractivity contribution in [1.29, 1.82) is 0 Å². The van der Waals surface area contributed by atoms with Gasteiger partial charge in [-0.15, -0.1) is 4.91 Å². The maximum Gasteiger partial charge on any atom is 0.274 e. The van der Waals surface area contributed by atoms with Crippen LogP contribution in [-0.4, -0.2) is 28.8 Å². The van der Waals surface area contributed by atoms with Crippen LogP contribution in [0.2, 0.25) is 0 Å². The van der Waals surface area contributed by atoms with Crippen molar-refractivity contribution >= 4 is 17.6 Å². The van der Waals surface area contributed by atoms with Crippen molar-refractivity contribution in [2.45, 2.75) is 64.0 Å². The standard InChI is InChI=1S/C18H28O3S.CHNO2/c1-3-4-5-6-7-8-11-22(19)15(2)12-16-9-10-17-18(13-16)21-14-20-17;3-1-2-4/h9-10,13,15H,3-8,11-12,14H2,1-2H3;1H. The van der Waals surface area contributed by atoms with Crippen LogP contribution in [0.5, 0.6) is 11.5 Å². The van der Waals surface area contributed by atoms with E-state index >= 15 is 0 Å². The van der Waals surface area contributed by atoms with Crippen LogP contribution in [0.25, 0.3) is 0 Å². The van der Waals surface area contributed by atoms with Gasteiger partial charge < -0.3 is 14.0 Å². The molecular weight excluding hydrogens is 354 g/mol. The van der Waals surface area contributed by atoms with Crippen molar-refractivity contribution in [3.8, 4) is 11.5 Å². The van der Waals surface area contributed by atoms with Crippen LogP contribution in [0, 0.1) is 4.91 Å². The molecule has 1 aliphatic rings. The number of nitrogens with zero attached hydrogens (tertiary/aromatic N) is 1. The molecule has 0 N–H and O–H groups in total. The molecular formula is C19H29NO5S. The van der Waals surface area contributed by atoms with Crippen LogP contribution in [0.1, 0.15) is 57.9 Å². The molecule has 7 heteroatoms. The summed E-state index contributed by atoms with van der Waals surface area (Å²) in [5, 5.41) is 2.00. The van der Waals surface area contributed by atoms with Crippen LogP contribution in [0.3, 0.4) is 0 Å². The van der Waals surface area contributed by atoms with E-state index in [4.69, 9.17) is 19.2 Å². The summed E-state index contributed by atoms with van der Waals surface area (Å²) in [6.07, 6.45) is 8.27. The highest BCUT2D eigenvalue weighted by Gasteiger charge is 2.19. The van der Waals surface area contributed by atoms with E-state index in [2.05, 4.69) is 13.8 Å². The van der Waals surface area contributed by atoms with Gasteiger partial charge in [-0.25, -0.2) is 0 Å². The second-order valence-electron chi connectivity index (χ2n) is 6.27. The minimum Gasteiger partial charge on any atom is -0.616 e. The van der Waals surface area contributed by atoms with E-state index in [1.165, 1.54) is 37.7 Å². The molecule has 2 atom stereocenters. The molecule has 2 rings (SSSR count). The zero-order valence-electron chi connectivity index (χ0n) is 15.6. The first kappa shape index (κ1) is 22.4. The van der Waals surface area contributed by atoms with E-state index in [9.17, 15) is 4.55 Å². The predicted octanol–water partition coefficient (Wildman–Crippen LogP) is 4.36. The fraction of sp³-hybridized carbons (Fsp3) is 0.632. The first-order chi connectivity index (χ1) is 12.6. The average molecular weight is 384 g/mol. The summed E-state index contributed by atoms with van der Waals surface area (Å²) in [7, 11) is 0. The molecule has 1 aromatic rings. The molecule has 0 saturated heterocycles. The monoisotopic (exact) mass is 383 g/mol. The van der Waals surface area contributed by atoms with Gasteiger partial charge in [-0.3, -0.25) is 4.79 Å². The Morgan fingerprint density at radius 1 is 1.19 bits per heavy atom. The number of carbonyl (C=O) groups is 1. The van der Waals surface area contributed by atoms with Crippen LogP contribution >= 0.6 is 0 Å².